The Hall–Kier alpha value is -4.05. The Kier molecular flexibility index (Phi) is 12.7. The van der Waals surface area contributed by atoms with E-state index in [9.17, 15) is 18.0 Å². The summed E-state index contributed by atoms with van der Waals surface area (Å²) >= 11 is 12.5. The van der Waals surface area contributed by atoms with E-state index in [1.54, 1.807) is 54.6 Å². The third kappa shape index (κ3) is 9.50. The SMILES string of the molecule is CCCCNC(=O)[C@H](Cc1ccccc1)N(Cc1ccc(Cl)c(Cl)c1)C(=O)CN(c1cccc(OC)c1)S(=O)(=O)c1ccc(C)cc1. The van der Waals surface area contributed by atoms with Crippen molar-refractivity contribution in [2.24, 2.45) is 0 Å². The van der Waals surface area contributed by atoms with E-state index in [2.05, 4.69) is 5.32 Å². The van der Waals surface area contributed by atoms with Gasteiger partial charge < -0.3 is 15.0 Å². The fourth-order valence-electron chi connectivity index (χ4n) is 5.03. The summed E-state index contributed by atoms with van der Waals surface area (Å²) in [7, 11) is -2.76. The van der Waals surface area contributed by atoms with Crippen molar-refractivity contribution < 1.29 is 22.7 Å². The average molecular weight is 697 g/mol. The lowest BCUT2D eigenvalue weighted by molar-refractivity contribution is -0.140. The third-order valence-electron chi connectivity index (χ3n) is 7.67. The van der Waals surface area contributed by atoms with Crippen LogP contribution in [-0.4, -0.2) is 51.4 Å². The zero-order valence-electron chi connectivity index (χ0n) is 26.7. The highest BCUT2D eigenvalue weighted by Gasteiger charge is 2.34. The fraction of sp³-hybridized carbons (Fsp3) is 0.278. The first kappa shape index (κ1) is 35.8. The van der Waals surface area contributed by atoms with Crippen molar-refractivity contribution in [1.29, 1.82) is 0 Å². The van der Waals surface area contributed by atoms with E-state index in [0.29, 0.717) is 27.9 Å². The summed E-state index contributed by atoms with van der Waals surface area (Å²) < 4.78 is 34.9. The summed E-state index contributed by atoms with van der Waals surface area (Å²) in [6.45, 7) is 3.71. The lowest BCUT2D eigenvalue weighted by Gasteiger charge is -2.34. The number of anilines is 1. The zero-order chi connectivity index (χ0) is 34.0. The molecule has 11 heteroatoms. The highest BCUT2D eigenvalue weighted by atomic mass is 35.5. The van der Waals surface area contributed by atoms with E-state index in [-0.39, 0.29) is 29.5 Å². The number of carbonyl (C=O) groups excluding carboxylic acids is 2. The molecule has 47 heavy (non-hydrogen) atoms. The van der Waals surface area contributed by atoms with Gasteiger partial charge in [0, 0.05) is 25.6 Å². The number of hydrogen-bond donors (Lipinski definition) is 1. The third-order valence-corrected chi connectivity index (χ3v) is 10.2. The molecule has 0 unspecified atom stereocenters. The van der Waals surface area contributed by atoms with Crippen LogP contribution in [-0.2, 0) is 32.6 Å². The molecule has 0 aliphatic heterocycles. The maximum absolute atomic E-state index is 14.6. The minimum Gasteiger partial charge on any atom is -0.497 e. The van der Waals surface area contributed by atoms with Gasteiger partial charge in [-0.3, -0.25) is 13.9 Å². The van der Waals surface area contributed by atoms with Crippen LogP contribution in [0.4, 0.5) is 5.69 Å². The number of unbranched alkanes of at least 4 members (excludes halogenated alkanes) is 1. The summed E-state index contributed by atoms with van der Waals surface area (Å²) in [4.78, 5) is 29.9. The van der Waals surface area contributed by atoms with E-state index in [1.807, 2.05) is 44.2 Å². The molecule has 248 valence electrons. The van der Waals surface area contributed by atoms with Gasteiger partial charge in [-0.15, -0.1) is 0 Å². The number of carbonyl (C=O) groups is 2. The number of benzene rings is 4. The second kappa shape index (κ2) is 16.7. The number of nitrogens with one attached hydrogen (secondary N) is 1. The first-order valence-electron chi connectivity index (χ1n) is 15.3. The number of sulfonamides is 1. The van der Waals surface area contributed by atoms with Gasteiger partial charge in [-0.2, -0.15) is 0 Å². The monoisotopic (exact) mass is 695 g/mol. The van der Waals surface area contributed by atoms with Crippen LogP contribution in [0.3, 0.4) is 0 Å². The van der Waals surface area contributed by atoms with Gasteiger partial charge in [-0.1, -0.05) is 96.7 Å². The lowest BCUT2D eigenvalue weighted by Crippen LogP contribution is -2.53. The van der Waals surface area contributed by atoms with Crippen LogP contribution in [0.5, 0.6) is 5.75 Å². The molecule has 1 atom stereocenters. The number of methoxy groups -OCH3 is 1. The van der Waals surface area contributed by atoms with E-state index in [1.165, 1.54) is 24.1 Å². The number of halogens is 2. The summed E-state index contributed by atoms with van der Waals surface area (Å²) in [6, 6.07) is 26.3. The molecule has 0 heterocycles. The molecule has 8 nitrogen and oxygen atoms in total. The van der Waals surface area contributed by atoms with Crippen molar-refractivity contribution in [2.75, 3.05) is 24.5 Å². The lowest BCUT2D eigenvalue weighted by atomic mass is 10.0. The number of aryl methyl sites for hydroxylation is 1. The van der Waals surface area contributed by atoms with Gasteiger partial charge in [0.15, 0.2) is 0 Å². The topological polar surface area (TPSA) is 96.0 Å². The Morgan fingerprint density at radius 2 is 1.60 bits per heavy atom. The zero-order valence-corrected chi connectivity index (χ0v) is 29.0. The minimum absolute atomic E-state index is 0.0212. The minimum atomic E-state index is -4.24. The Labute approximate surface area is 287 Å². The smallest absolute Gasteiger partial charge is 0.264 e. The molecule has 0 spiro atoms. The molecule has 0 bridgehead atoms. The van der Waals surface area contributed by atoms with Crippen LogP contribution in [0, 0.1) is 6.92 Å². The van der Waals surface area contributed by atoms with Crippen molar-refractivity contribution in [2.45, 2.75) is 50.6 Å². The van der Waals surface area contributed by atoms with Crippen molar-refractivity contribution in [3.8, 4) is 5.75 Å². The second-order valence-electron chi connectivity index (χ2n) is 11.1. The molecule has 0 fully saturated rings. The normalized spacial score (nSPS) is 11.9. The van der Waals surface area contributed by atoms with Gasteiger partial charge in [-0.25, -0.2) is 8.42 Å². The van der Waals surface area contributed by atoms with Crippen LogP contribution in [0.1, 0.15) is 36.5 Å². The van der Waals surface area contributed by atoms with Gasteiger partial charge in [0.25, 0.3) is 10.0 Å². The first-order valence-corrected chi connectivity index (χ1v) is 17.5. The van der Waals surface area contributed by atoms with Crippen LogP contribution in [0.15, 0.2) is 102 Å². The molecule has 0 saturated carbocycles. The van der Waals surface area contributed by atoms with E-state index in [4.69, 9.17) is 27.9 Å². The van der Waals surface area contributed by atoms with Crippen molar-refractivity contribution in [1.82, 2.24) is 10.2 Å². The fourth-order valence-corrected chi connectivity index (χ4v) is 6.75. The number of rotatable bonds is 15. The van der Waals surface area contributed by atoms with Crippen LogP contribution < -0.4 is 14.4 Å². The van der Waals surface area contributed by atoms with Crippen molar-refractivity contribution in [3.05, 3.63) is 124 Å². The average Bonchev–Trinajstić information content (AvgIpc) is 3.07. The van der Waals surface area contributed by atoms with Crippen LogP contribution in [0.25, 0.3) is 0 Å². The molecule has 0 saturated heterocycles. The van der Waals surface area contributed by atoms with Gasteiger partial charge >= 0.3 is 0 Å². The van der Waals surface area contributed by atoms with Gasteiger partial charge in [0.2, 0.25) is 11.8 Å². The summed E-state index contributed by atoms with van der Waals surface area (Å²) in [5.74, 6) is -0.504. The Balaban J connectivity index is 1.82. The Bertz CT molecular complexity index is 1770. The molecule has 4 rings (SSSR count). The molecule has 0 radical (unpaired) electrons. The Morgan fingerprint density at radius 1 is 0.872 bits per heavy atom. The van der Waals surface area contributed by atoms with Gasteiger partial charge in [-0.05, 0) is 60.9 Å². The molecular formula is C36H39Cl2N3O5S. The van der Waals surface area contributed by atoms with E-state index in [0.717, 1.165) is 28.3 Å². The standard InChI is InChI=1S/C36H39Cl2N3O5S/c1-4-5-20-39-36(43)34(22-27-10-7-6-8-11-27)40(24-28-16-19-32(37)33(38)21-28)35(42)25-41(29-12-9-13-30(23-29)46-3)47(44,45)31-17-14-26(2)15-18-31/h6-19,21,23,34H,4-5,20,22,24-25H2,1-3H3,(H,39,43)/t34-/m0/s1. The number of ether oxygens (including phenoxy) is 1. The molecule has 4 aromatic carbocycles. The predicted octanol–water partition coefficient (Wildman–Crippen LogP) is 7.06. The van der Waals surface area contributed by atoms with E-state index >= 15 is 0 Å². The highest BCUT2D eigenvalue weighted by Crippen LogP contribution is 2.29. The predicted molar refractivity (Wildman–Crippen MR) is 188 cm³/mol. The van der Waals surface area contributed by atoms with Crippen LogP contribution in [0.2, 0.25) is 10.0 Å². The quantitative estimate of drug-likeness (QED) is 0.134. The molecule has 1 N–H and O–H groups in total. The first-order chi connectivity index (χ1) is 22.5. The Morgan fingerprint density at radius 3 is 2.26 bits per heavy atom. The van der Waals surface area contributed by atoms with Crippen molar-refractivity contribution >= 4 is 50.7 Å². The maximum atomic E-state index is 14.6. The molecule has 0 aliphatic carbocycles. The number of hydrogen-bond acceptors (Lipinski definition) is 5. The van der Waals surface area contributed by atoms with Crippen molar-refractivity contribution in [3.63, 3.8) is 0 Å². The van der Waals surface area contributed by atoms with Gasteiger partial charge in [0.05, 0.1) is 27.7 Å². The number of amides is 2. The molecule has 0 aliphatic rings. The molecular weight excluding hydrogens is 657 g/mol. The summed E-state index contributed by atoms with van der Waals surface area (Å²) in [6.07, 6.45) is 1.85. The maximum Gasteiger partial charge on any atom is 0.264 e. The summed E-state index contributed by atoms with van der Waals surface area (Å²) in [5.41, 5.74) is 2.59. The largest absolute Gasteiger partial charge is 0.497 e. The summed E-state index contributed by atoms with van der Waals surface area (Å²) in [5, 5.41) is 3.62. The highest BCUT2D eigenvalue weighted by molar-refractivity contribution is 7.92. The molecule has 0 aromatic heterocycles. The van der Waals surface area contributed by atoms with Crippen LogP contribution >= 0.6 is 23.2 Å². The molecule has 4 aromatic rings. The second-order valence-corrected chi connectivity index (χ2v) is 13.8. The van der Waals surface area contributed by atoms with E-state index < -0.39 is 28.5 Å². The molecule has 2 amide bonds. The van der Waals surface area contributed by atoms with Gasteiger partial charge in [0.1, 0.15) is 18.3 Å². The number of nitrogens with zero attached hydrogens (tertiary/aromatic N) is 2.